The molecule has 1 aliphatic rings. The molecule has 0 atom stereocenters. The predicted molar refractivity (Wildman–Crippen MR) is 110 cm³/mol. The molecule has 0 unspecified atom stereocenters. The zero-order chi connectivity index (χ0) is 22.2. The summed E-state index contributed by atoms with van der Waals surface area (Å²) in [6.45, 7) is 4.10. The Labute approximate surface area is 175 Å². The van der Waals surface area contributed by atoms with Gasteiger partial charge in [-0.15, -0.1) is 0 Å². The quantitative estimate of drug-likeness (QED) is 0.547. The zero-order valence-corrected chi connectivity index (χ0v) is 18.1. The summed E-state index contributed by atoms with van der Waals surface area (Å²) < 4.78 is 21.0. The van der Waals surface area contributed by atoms with Gasteiger partial charge in [0.05, 0.1) is 28.4 Å². The minimum atomic E-state index is -1.70. The number of hydrogen-bond acceptors (Lipinski definition) is 7. The fourth-order valence-electron chi connectivity index (χ4n) is 4.32. The molecule has 0 bridgehead atoms. The number of Topliss-reactive ketones (excluding diaryl/α,β-unsaturated/α-hetero) is 1. The van der Waals surface area contributed by atoms with Crippen molar-refractivity contribution in [3.8, 4) is 11.5 Å². The number of ether oxygens (including phenoxy) is 4. The fraction of sp³-hybridized carbons (Fsp3) is 0.435. The number of methoxy groups -OCH3 is 4. The van der Waals surface area contributed by atoms with Crippen LogP contribution in [0.3, 0.4) is 0 Å². The van der Waals surface area contributed by atoms with Gasteiger partial charge in [-0.1, -0.05) is 26.0 Å². The van der Waals surface area contributed by atoms with Gasteiger partial charge in [-0.05, 0) is 22.9 Å². The highest BCUT2D eigenvalue weighted by molar-refractivity contribution is 6.17. The van der Waals surface area contributed by atoms with Crippen LogP contribution in [0.25, 0.3) is 10.8 Å². The predicted octanol–water partition coefficient (Wildman–Crippen LogP) is 3.44. The summed E-state index contributed by atoms with van der Waals surface area (Å²) in [5.74, 6) is -0.709. The van der Waals surface area contributed by atoms with Gasteiger partial charge in [-0.3, -0.25) is 14.4 Å². The molecule has 0 aliphatic heterocycles. The number of fused-ring (bicyclic) bond motifs is 3. The third-order valence-electron chi connectivity index (χ3n) is 5.75. The van der Waals surface area contributed by atoms with Crippen molar-refractivity contribution < 1.29 is 33.3 Å². The van der Waals surface area contributed by atoms with Gasteiger partial charge in [0, 0.05) is 29.4 Å². The van der Waals surface area contributed by atoms with Crippen LogP contribution in [0.2, 0.25) is 0 Å². The third-order valence-corrected chi connectivity index (χ3v) is 5.75. The molecule has 0 saturated carbocycles. The second-order valence-corrected chi connectivity index (χ2v) is 7.73. The summed E-state index contributed by atoms with van der Waals surface area (Å²) >= 11 is 0. The molecule has 30 heavy (non-hydrogen) atoms. The zero-order valence-electron chi connectivity index (χ0n) is 18.1. The topological polar surface area (TPSA) is 88.1 Å². The number of carbonyl (C=O) groups excluding carboxylic acids is 3. The first-order valence-corrected chi connectivity index (χ1v) is 9.66. The van der Waals surface area contributed by atoms with E-state index in [2.05, 4.69) is 0 Å². The summed E-state index contributed by atoms with van der Waals surface area (Å²) in [4.78, 5) is 38.4. The molecule has 0 saturated heterocycles. The highest BCUT2D eigenvalue weighted by Crippen LogP contribution is 2.47. The highest BCUT2D eigenvalue weighted by Gasteiger charge is 2.53. The first-order chi connectivity index (χ1) is 14.2. The van der Waals surface area contributed by atoms with Crippen LogP contribution in [-0.2, 0) is 25.5 Å². The first kappa shape index (κ1) is 21.6. The molecule has 7 nitrogen and oxygen atoms in total. The lowest BCUT2D eigenvalue weighted by molar-refractivity contribution is -0.169. The van der Waals surface area contributed by atoms with Gasteiger partial charge in [-0.25, -0.2) is 0 Å². The Morgan fingerprint density at radius 3 is 2.03 bits per heavy atom. The van der Waals surface area contributed by atoms with Gasteiger partial charge in [0.15, 0.2) is 22.7 Å². The lowest BCUT2D eigenvalue weighted by atomic mass is 9.69. The van der Waals surface area contributed by atoms with Gasteiger partial charge in [0.25, 0.3) is 0 Å². The molecule has 1 aliphatic carbocycles. The number of rotatable bonds is 5. The highest BCUT2D eigenvalue weighted by atomic mass is 16.5. The summed E-state index contributed by atoms with van der Waals surface area (Å²) in [5, 5.41) is 1.44. The van der Waals surface area contributed by atoms with Crippen LogP contribution in [0.4, 0.5) is 0 Å². The van der Waals surface area contributed by atoms with Crippen molar-refractivity contribution in [2.75, 3.05) is 28.4 Å². The molecule has 3 rings (SSSR count). The van der Waals surface area contributed by atoms with E-state index in [0.717, 1.165) is 10.9 Å². The van der Waals surface area contributed by atoms with E-state index >= 15 is 0 Å². The summed E-state index contributed by atoms with van der Waals surface area (Å²) in [6, 6.07) is 5.61. The van der Waals surface area contributed by atoms with Crippen LogP contribution in [0, 0.1) is 5.41 Å². The lowest BCUT2D eigenvalue weighted by Gasteiger charge is -2.33. The molecule has 2 aromatic rings. The van der Waals surface area contributed by atoms with Crippen molar-refractivity contribution in [2.24, 2.45) is 5.41 Å². The van der Waals surface area contributed by atoms with E-state index in [4.69, 9.17) is 18.9 Å². The summed E-state index contributed by atoms with van der Waals surface area (Å²) in [6.07, 6.45) is -0.337. The van der Waals surface area contributed by atoms with Crippen molar-refractivity contribution >= 4 is 28.5 Å². The maximum absolute atomic E-state index is 13.3. The van der Waals surface area contributed by atoms with Crippen molar-refractivity contribution in [3.05, 3.63) is 34.9 Å². The Morgan fingerprint density at radius 2 is 1.53 bits per heavy atom. The largest absolute Gasteiger partial charge is 0.493 e. The molecule has 0 spiro atoms. The van der Waals surface area contributed by atoms with Crippen LogP contribution in [-0.4, -0.2) is 46.2 Å². The molecular weight excluding hydrogens is 388 g/mol. The summed E-state index contributed by atoms with van der Waals surface area (Å²) in [5.41, 5.74) is 0.258. The fourth-order valence-corrected chi connectivity index (χ4v) is 4.32. The second kappa shape index (κ2) is 7.97. The van der Waals surface area contributed by atoms with Gasteiger partial charge < -0.3 is 18.9 Å². The Bertz CT molecular complexity index is 1020. The van der Waals surface area contributed by atoms with Crippen molar-refractivity contribution in [1.82, 2.24) is 0 Å². The maximum atomic E-state index is 13.3. The molecule has 7 heteroatoms. The Kier molecular flexibility index (Phi) is 5.74. The van der Waals surface area contributed by atoms with Crippen LogP contribution in [0.1, 0.15) is 47.7 Å². The number of ketones is 1. The second-order valence-electron chi connectivity index (χ2n) is 7.73. The van der Waals surface area contributed by atoms with E-state index in [0.29, 0.717) is 28.0 Å². The molecule has 2 aromatic carbocycles. The maximum Gasteiger partial charge on any atom is 0.324 e. The Hall–Kier alpha value is -3.09. The van der Waals surface area contributed by atoms with E-state index in [1.807, 2.05) is 26.0 Å². The van der Waals surface area contributed by atoms with Gasteiger partial charge in [-0.2, -0.15) is 0 Å². The smallest absolute Gasteiger partial charge is 0.324 e. The minimum absolute atomic E-state index is 0.000756. The average Bonchev–Trinajstić information content (AvgIpc) is 2.75. The molecule has 160 valence electrons. The Morgan fingerprint density at radius 1 is 0.933 bits per heavy atom. The van der Waals surface area contributed by atoms with E-state index < -0.39 is 17.4 Å². The van der Waals surface area contributed by atoms with E-state index in [1.165, 1.54) is 21.3 Å². The van der Waals surface area contributed by atoms with Gasteiger partial charge in [0.2, 0.25) is 0 Å². The van der Waals surface area contributed by atoms with Crippen molar-refractivity contribution in [1.29, 1.82) is 0 Å². The normalized spacial score (nSPS) is 15.0. The van der Waals surface area contributed by atoms with Crippen molar-refractivity contribution in [2.45, 2.75) is 32.6 Å². The van der Waals surface area contributed by atoms with Crippen LogP contribution in [0.15, 0.2) is 18.2 Å². The van der Waals surface area contributed by atoms with Gasteiger partial charge in [0.1, 0.15) is 0 Å². The lowest BCUT2D eigenvalue weighted by Crippen LogP contribution is -2.47. The SMILES string of the molecule is COC(=O)C1(C(=O)OC)CC(=O)c2c(ccc3cc(C(C)C)c(OC)c(OC)c23)C1. The standard InChI is InChI=1S/C23H26O7/c1-12(2)15-9-13-7-8-14-10-23(21(25)29-5,22(26)30-6)11-16(24)17(14)18(13)20(28-4)19(15)27-3/h7-9,12H,10-11H2,1-6H3. The molecule has 0 heterocycles. The Balaban J connectivity index is 2.34. The average molecular weight is 414 g/mol. The van der Waals surface area contributed by atoms with Crippen LogP contribution < -0.4 is 9.47 Å². The van der Waals surface area contributed by atoms with E-state index in [-0.39, 0.29) is 24.5 Å². The van der Waals surface area contributed by atoms with Crippen LogP contribution in [0.5, 0.6) is 11.5 Å². The van der Waals surface area contributed by atoms with E-state index in [9.17, 15) is 14.4 Å². The van der Waals surface area contributed by atoms with Crippen molar-refractivity contribution in [3.63, 3.8) is 0 Å². The molecule has 0 fully saturated rings. The molecule has 0 aromatic heterocycles. The molecule has 0 N–H and O–H groups in total. The number of esters is 2. The molecule has 0 radical (unpaired) electrons. The number of carbonyl (C=O) groups is 3. The number of benzene rings is 2. The molecular formula is C23H26O7. The summed E-state index contributed by atoms with van der Waals surface area (Å²) in [7, 11) is 5.47. The monoisotopic (exact) mass is 414 g/mol. The molecule has 0 amide bonds. The first-order valence-electron chi connectivity index (χ1n) is 9.66. The third kappa shape index (κ3) is 3.09. The van der Waals surface area contributed by atoms with E-state index in [1.54, 1.807) is 13.2 Å². The van der Waals surface area contributed by atoms with Gasteiger partial charge >= 0.3 is 11.9 Å². The van der Waals surface area contributed by atoms with Crippen LogP contribution >= 0.6 is 0 Å². The number of hydrogen-bond donors (Lipinski definition) is 0. The minimum Gasteiger partial charge on any atom is -0.493 e.